The van der Waals surface area contributed by atoms with Crippen molar-refractivity contribution in [2.24, 2.45) is 0 Å². The number of thiazole rings is 1. The van der Waals surface area contributed by atoms with Crippen molar-refractivity contribution in [3.63, 3.8) is 0 Å². The molecule has 0 bridgehead atoms. The molecule has 3 aromatic rings. The number of carbonyl (C=O) groups excluding carboxylic acids is 1. The minimum Gasteiger partial charge on any atom is -0.494 e. The number of hydrogen-bond donors (Lipinski definition) is 1. The molecule has 1 fully saturated rings. The van der Waals surface area contributed by atoms with Gasteiger partial charge >= 0.3 is 0 Å². The van der Waals surface area contributed by atoms with E-state index >= 15 is 0 Å². The van der Waals surface area contributed by atoms with Crippen LogP contribution in [0.2, 0.25) is 0 Å². The monoisotopic (exact) mass is 471 g/mol. The third kappa shape index (κ3) is 5.01. The Morgan fingerprint density at radius 3 is 2.47 bits per heavy atom. The molecule has 1 saturated carbocycles. The second kappa shape index (κ2) is 9.40. The number of anilines is 1. The van der Waals surface area contributed by atoms with Crippen LogP contribution >= 0.6 is 11.3 Å². The average molecular weight is 472 g/mol. The Morgan fingerprint density at radius 2 is 1.84 bits per heavy atom. The van der Waals surface area contributed by atoms with Crippen LogP contribution in [0.25, 0.3) is 11.3 Å². The third-order valence-corrected chi connectivity index (χ3v) is 7.88. The van der Waals surface area contributed by atoms with Gasteiger partial charge in [-0.3, -0.25) is 10.1 Å². The molecule has 1 N–H and O–H groups in total. The maximum absolute atomic E-state index is 12.6. The normalized spacial score (nSPS) is 13.8. The van der Waals surface area contributed by atoms with Crippen molar-refractivity contribution in [2.75, 3.05) is 19.0 Å². The first-order chi connectivity index (χ1) is 15.4. The van der Waals surface area contributed by atoms with Gasteiger partial charge in [-0.05, 0) is 67.8 Å². The molecule has 0 atom stereocenters. The predicted molar refractivity (Wildman–Crippen MR) is 126 cm³/mol. The van der Waals surface area contributed by atoms with Gasteiger partial charge in [0.15, 0.2) is 5.13 Å². The van der Waals surface area contributed by atoms with Crippen molar-refractivity contribution in [3.8, 4) is 17.0 Å². The highest BCUT2D eigenvalue weighted by Crippen LogP contribution is 2.31. The van der Waals surface area contributed by atoms with E-state index in [2.05, 4.69) is 17.2 Å². The number of aromatic nitrogens is 1. The molecular formula is C23H25N3O4S2. The van der Waals surface area contributed by atoms with E-state index < -0.39 is 10.0 Å². The van der Waals surface area contributed by atoms with E-state index in [0.717, 1.165) is 36.3 Å². The molecule has 0 radical (unpaired) electrons. The summed E-state index contributed by atoms with van der Waals surface area (Å²) in [5.74, 6) is 0.474. The summed E-state index contributed by atoms with van der Waals surface area (Å²) >= 11 is 1.33. The van der Waals surface area contributed by atoms with Crippen LogP contribution in [0.5, 0.6) is 5.75 Å². The Morgan fingerprint density at radius 1 is 1.16 bits per heavy atom. The number of benzene rings is 2. The predicted octanol–water partition coefficient (Wildman–Crippen LogP) is 4.63. The fourth-order valence-electron chi connectivity index (χ4n) is 3.15. The third-order valence-electron chi connectivity index (χ3n) is 5.20. The quantitative estimate of drug-likeness (QED) is 0.491. The van der Waals surface area contributed by atoms with Gasteiger partial charge in [0.2, 0.25) is 10.0 Å². The number of amides is 1. The lowest BCUT2D eigenvalue weighted by atomic mass is 10.2. The number of sulfonamides is 1. The van der Waals surface area contributed by atoms with Crippen molar-refractivity contribution in [1.29, 1.82) is 0 Å². The number of ether oxygens (including phenoxy) is 1. The van der Waals surface area contributed by atoms with Crippen molar-refractivity contribution in [1.82, 2.24) is 9.29 Å². The van der Waals surface area contributed by atoms with Gasteiger partial charge in [-0.2, -0.15) is 4.31 Å². The van der Waals surface area contributed by atoms with E-state index in [-0.39, 0.29) is 16.8 Å². The fourth-order valence-corrected chi connectivity index (χ4v) is 5.28. The zero-order chi connectivity index (χ0) is 22.7. The lowest BCUT2D eigenvalue weighted by Gasteiger charge is -2.16. The zero-order valence-corrected chi connectivity index (χ0v) is 19.6. The van der Waals surface area contributed by atoms with E-state index in [1.54, 1.807) is 7.05 Å². The average Bonchev–Trinajstić information content (AvgIpc) is 3.56. The molecule has 168 valence electrons. The minimum absolute atomic E-state index is 0.0853. The molecule has 1 aliphatic rings. The van der Waals surface area contributed by atoms with Crippen molar-refractivity contribution in [2.45, 2.75) is 37.1 Å². The molecule has 4 rings (SSSR count). The highest BCUT2D eigenvalue weighted by molar-refractivity contribution is 7.89. The zero-order valence-electron chi connectivity index (χ0n) is 17.9. The maximum Gasteiger partial charge on any atom is 0.257 e. The smallest absolute Gasteiger partial charge is 0.257 e. The highest BCUT2D eigenvalue weighted by atomic mass is 32.2. The van der Waals surface area contributed by atoms with Gasteiger partial charge in [0.25, 0.3) is 5.91 Å². The van der Waals surface area contributed by atoms with Crippen LogP contribution < -0.4 is 10.1 Å². The lowest BCUT2D eigenvalue weighted by molar-refractivity contribution is 0.102. The van der Waals surface area contributed by atoms with Crippen molar-refractivity contribution < 1.29 is 17.9 Å². The molecular weight excluding hydrogens is 446 g/mol. The number of rotatable bonds is 9. The Balaban J connectivity index is 1.41. The molecule has 0 unspecified atom stereocenters. The van der Waals surface area contributed by atoms with E-state index in [1.807, 2.05) is 29.6 Å². The van der Waals surface area contributed by atoms with Crippen molar-refractivity contribution >= 4 is 32.4 Å². The van der Waals surface area contributed by atoms with E-state index in [1.165, 1.54) is 39.9 Å². The summed E-state index contributed by atoms with van der Waals surface area (Å²) in [5.41, 5.74) is 2.06. The molecule has 0 saturated heterocycles. The molecule has 1 heterocycles. The molecule has 0 aliphatic heterocycles. The van der Waals surface area contributed by atoms with Gasteiger partial charge in [0.05, 0.1) is 17.2 Å². The highest BCUT2D eigenvalue weighted by Gasteiger charge is 2.35. The second-order valence-corrected chi connectivity index (χ2v) is 10.5. The standard InChI is InChI=1S/C23H25N3O4S2/c1-3-14-30-19-10-4-16(5-11-19)21-15-31-23(24-21)25-22(27)17-6-12-20(13-7-17)32(28,29)26(2)18-8-9-18/h4-7,10-13,15,18H,3,8-9,14H2,1-2H3,(H,24,25,27). The minimum atomic E-state index is -3.53. The molecule has 0 spiro atoms. The number of hydrogen-bond acceptors (Lipinski definition) is 6. The lowest BCUT2D eigenvalue weighted by Crippen LogP contribution is -2.29. The molecule has 1 amide bonds. The Bertz CT molecular complexity index is 1180. The molecule has 2 aromatic carbocycles. The van der Waals surface area contributed by atoms with Crippen LogP contribution in [0.3, 0.4) is 0 Å². The van der Waals surface area contributed by atoms with Gasteiger partial charge in [-0.1, -0.05) is 6.92 Å². The van der Waals surface area contributed by atoms with E-state index in [9.17, 15) is 13.2 Å². The van der Waals surface area contributed by atoms with Crippen LogP contribution in [0.15, 0.2) is 58.8 Å². The summed E-state index contributed by atoms with van der Waals surface area (Å²) in [7, 11) is -1.93. The van der Waals surface area contributed by atoms with Gasteiger partial charge in [-0.25, -0.2) is 13.4 Å². The number of nitrogens with one attached hydrogen (secondary N) is 1. The van der Waals surface area contributed by atoms with Crippen LogP contribution in [0.4, 0.5) is 5.13 Å². The SMILES string of the molecule is CCCOc1ccc(-c2csc(NC(=O)c3ccc(S(=O)(=O)N(C)C4CC4)cc3)n2)cc1. The summed E-state index contributed by atoms with van der Waals surface area (Å²) in [6.45, 7) is 2.74. The first kappa shape index (κ1) is 22.4. The van der Waals surface area contributed by atoms with Crippen molar-refractivity contribution in [3.05, 3.63) is 59.5 Å². The summed E-state index contributed by atoms with van der Waals surface area (Å²) in [6.07, 6.45) is 2.73. The van der Waals surface area contributed by atoms with E-state index in [4.69, 9.17) is 4.74 Å². The molecule has 7 nitrogen and oxygen atoms in total. The Labute approximate surface area is 192 Å². The fraction of sp³-hybridized carbons (Fsp3) is 0.304. The first-order valence-corrected chi connectivity index (χ1v) is 12.8. The van der Waals surface area contributed by atoms with Gasteiger partial charge in [-0.15, -0.1) is 11.3 Å². The van der Waals surface area contributed by atoms with Gasteiger partial charge in [0.1, 0.15) is 5.75 Å². The maximum atomic E-state index is 12.6. The number of carbonyl (C=O) groups is 1. The van der Waals surface area contributed by atoms with Gasteiger partial charge in [0, 0.05) is 29.6 Å². The van der Waals surface area contributed by atoms with Crippen LogP contribution in [-0.4, -0.2) is 43.3 Å². The summed E-state index contributed by atoms with van der Waals surface area (Å²) in [4.78, 5) is 17.3. The molecule has 9 heteroatoms. The largest absolute Gasteiger partial charge is 0.494 e. The Kier molecular flexibility index (Phi) is 6.59. The number of nitrogens with zero attached hydrogens (tertiary/aromatic N) is 2. The second-order valence-electron chi connectivity index (χ2n) is 7.64. The van der Waals surface area contributed by atoms with Crippen LogP contribution in [0, 0.1) is 0 Å². The molecule has 1 aliphatic carbocycles. The van der Waals surface area contributed by atoms with E-state index in [0.29, 0.717) is 17.3 Å². The van der Waals surface area contributed by atoms with Gasteiger partial charge < -0.3 is 4.74 Å². The summed E-state index contributed by atoms with van der Waals surface area (Å²) < 4.78 is 32.2. The van der Waals surface area contributed by atoms with Crippen LogP contribution in [-0.2, 0) is 10.0 Å². The molecule has 1 aromatic heterocycles. The Hall–Kier alpha value is -2.75. The topological polar surface area (TPSA) is 88.6 Å². The molecule has 32 heavy (non-hydrogen) atoms. The first-order valence-electron chi connectivity index (χ1n) is 10.5. The van der Waals surface area contributed by atoms with Crippen LogP contribution in [0.1, 0.15) is 36.5 Å². The summed E-state index contributed by atoms with van der Waals surface area (Å²) in [6, 6.07) is 13.7. The summed E-state index contributed by atoms with van der Waals surface area (Å²) in [5, 5.41) is 5.13.